The van der Waals surface area contributed by atoms with Crippen LogP contribution < -0.4 is 10.1 Å². The summed E-state index contributed by atoms with van der Waals surface area (Å²) in [4.78, 5) is 0. The van der Waals surface area contributed by atoms with Gasteiger partial charge in [-0.15, -0.1) is 0 Å². The van der Waals surface area contributed by atoms with Gasteiger partial charge >= 0.3 is 0 Å². The summed E-state index contributed by atoms with van der Waals surface area (Å²) >= 11 is 0. The number of nitrogens with one attached hydrogen (secondary N) is 1. The fourth-order valence-electron chi connectivity index (χ4n) is 2.59. The molecular formula is C16H25NO2. The second kappa shape index (κ2) is 7.51. The van der Waals surface area contributed by atoms with Crippen molar-refractivity contribution in [3.05, 3.63) is 29.8 Å². The van der Waals surface area contributed by atoms with Crippen LogP contribution in [0.25, 0.3) is 0 Å². The molecule has 1 aliphatic rings. The second-order valence-electron chi connectivity index (χ2n) is 5.38. The maximum atomic E-state index is 5.40. The van der Waals surface area contributed by atoms with E-state index in [1.807, 2.05) is 12.1 Å². The highest BCUT2D eigenvalue weighted by Gasteiger charge is 2.15. The van der Waals surface area contributed by atoms with Gasteiger partial charge in [-0.3, -0.25) is 0 Å². The third-order valence-corrected chi connectivity index (χ3v) is 3.81. The summed E-state index contributed by atoms with van der Waals surface area (Å²) in [6, 6.07) is 8.73. The Balaban J connectivity index is 1.78. The summed E-state index contributed by atoms with van der Waals surface area (Å²) < 4.78 is 10.8. The second-order valence-corrected chi connectivity index (χ2v) is 5.38. The molecule has 0 radical (unpaired) electrons. The lowest BCUT2D eigenvalue weighted by atomic mass is 9.99. The van der Waals surface area contributed by atoms with Crippen LogP contribution >= 0.6 is 0 Å². The molecular weight excluding hydrogens is 238 g/mol. The Morgan fingerprint density at radius 1 is 1.32 bits per heavy atom. The van der Waals surface area contributed by atoms with Crippen molar-refractivity contribution in [3.8, 4) is 5.75 Å². The molecule has 1 aliphatic heterocycles. The van der Waals surface area contributed by atoms with Crippen molar-refractivity contribution in [3.63, 3.8) is 0 Å². The van der Waals surface area contributed by atoms with Crippen molar-refractivity contribution < 1.29 is 9.47 Å². The third-order valence-electron chi connectivity index (χ3n) is 3.81. The van der Waals surface area contributed by atoms with Gasteiger partial charge in [0.1, 0.15) is 5.75 Å². The normalized spacial score (nSPS) is 18.2. The minimum Gasteiger partial charge on any atom is -0.496 e. The minimum atomic E-state index is 0.471. The zero-order valence-electron chi connectivity index (χ0n) is 12.0. The molecule has 0 amide bonds. The number of hydrogen-bond acceptors (Lipinski definition) is 3. The van der Waals surface area contributed by atoms with E-state index in [1.54, 1.807) is 7.11 Å². The first kappa shape index (κ1) is 14.4. The Kier molecular flexibility index (Phi) is 5.67. The van der Waals surface area contributed by atoms with Crippen LogP contribution in [-0.4, -0.2) is 32.9 Å². The fourth-order valence-corrected chi connectivity index (χ4v) is 2.59. The van der Waals surface area contributed by atoms with Gasteiger partial charge in [-0.05, 0) is 50.3 Å². The maximum Gasteiger partial charge on any atom is 0.122 e. The van der Waals surface area contributed by atoms with Crippen LogP contribution in [-0.2, 0) is 11.2 Å². The smallest absolute Gasteiger partial charge is 0.122 e. The van der Waals surface area contributed by atoms with Crippen molar-refractivity contribution in [2.45, 2.75) is 32.2 Å². The largest absolute Gasteiger partial charge is 0.496 e. The summed E-state index contributed by atoms with van der Waals surface area (Å²) in [6.07, 6.45) is 3.38. The van der Waals surface area contributed by atoms with Crippen molar-refractivity contribution >= 4 is 0 Å². The lowest BCUT2D eigenvalue weighted by Crippen LogP contribution is -2.34. The average Bonchev–Trinajstić information content (AvgIpc) is 2.47. The molecule has 0 spiro atoms. The first-order chi connectivity index (χ1) is 9.29. The highest BCUT2D eigenvalue weighted by molar-refractivity contribution is 5.33. The van der Waals surface area contributed by atoms with E-state index in [9.17, 15) is 0 Å². The Morgan fingerprint density at radius 3 is 2.79 bits per heavy atom. The molecule has 106 valence electrons. The van der Waals surface area contributed by atoms with Gasteiger partial charge in [0.25, 0.3) is 0 Å². The SMILES string of the molecule is COc1ccccc1CC(C)NCC1CCOCC1. The number of benzene rings is 1. The molecule has 0 bridgehead atoms. The Hall–Kier alpha value is -1.06. The van der Waals surface area contributed by atoms with Crippen LogP contribution in [0.5, 0.6) is 5.75 Å². The lowest BCUT2D eigenvalue weighted by Gasteiger charge is -2.24. The van der Waals surface area contributed by atoms with Gasteiger partial charge in [0.05, 0.1) is 7.11 Å². The number of para-hydroxylation sites is 1. The summed E-state index contributed by atoms with van der Waals surface area (Å²) in [6.45, 7) is 5.19. The van der Waals surface area contributed by atoms with Crippen LogP contribution in [0.4, 0.5) is 0 Å². The Labute approximate surface area is 116 Å². The van der Waals surface area contributed by atoms with E-state index in [-0.39, 0.29) is 0 Å². The monoisotopic (exact) mass is 263 g/mol. The molecule has 1 unspecified atom stereocenters. The zero-order chi connectivity index (χ0) is 13.5. The quantitative estimate of drug-likeness (QED) is 0.856. The average molecular weight is 263 g/mol. The Morgan fingerprint density at radius 2 is 2.05 bits per heavy atom. The number of rotatable bonds is 6. The van der Waals surface area contributed by atoms with Crippen molar-refractivity contribution in [2.75, 3.05) is 26.9 Å². The molecule has 1 atom stereocenters. The van der Waals surface area contributed by atoms with Crippen LogP contribution in [0.1, 0.15) is 25.3 Å². The van der Waals surface area contributed by atoms with Crippen LogP contribution in [0.15, 0.2) is 24.3 Å². The van der Waals surface area contributed by atoms with E-state index in [1.165, 1.54) is 18.4 Å². The molecule has 1 aromatic rings. The summed E-state index contributed by atoms with van der Waals surface area (Å²) in [5.74, 6) is 1.76. The van der Waals surface area contributed by atoms with Crippen molar-refractivity contribution in [2.24, 2.45) is 5.92 Å². The van der Waals surface area contributed by atoms with E-state index in [0.717, 1.165) is 37.8 Å². The highest BCUT2D eigenvalue weighted by atomic mass is 16.5. The molecule has 19 heavy (non-hydrogen) atoms. The van der Waals surface area contributed by atoms with E-state index < -0.39 is 0 Å². The molecule has 0 aromatic heterocycles. The molecule has 0 saturated carbocycles. The van der Waals surface area contributed by atoms with Crippen LogP contribution in [0.2, 0.25) is 0 Å². The molecule has 1 fully saturated rings. The first-order valence-corrected chi connectivity index (χ1v) is 7.22. The fraction of sp³-hybridized carbons (Fsp3) is 0.625. The highest BCUT2D eigenvalue weighted by Crippen LogP contribution is 2.19. The predicted octanol–water partition coefficient (Wildman–Crippen LogP) is 2.64. The van der Waals surface area contributed by atoms with Gasteiger partial charge in [-0.2, -0.15) is 0 Å². The van der Waals surface area contributed by atoms with Gasteiger partial charge in [0.15, 0.2) is 0 Å². The molecule has 1 heterocycles. The molecule has 3 heteroatoms. The lowest BCUT2D eigenvalue weighted by molar-refractivity contribution is 0.0656. The summed E-state index contributed by atoms with van der Waals surface area (Å²) in [5, 5.41) is 3.64. The van der Waals surface area contributed by atoms with E-state index in [0.29, 0.717) is 6.04 Å². The van der Waals surface area contributed by atoms with E-state index in [4.69, 9.17) is 9.47 Å². The molecule has 0 aliphatic carbocycles. The number of hydrogen-bond donors (Lipinski definition) is 1. The summed E-state index contributed by atoms with van der Waals surface area (Å²) in [7, 11) is 1.74. The molecule has 1 saturated heterocycles. The van der Waals surface area contributed by atoms with Gasteiger partial charge in [-0.25, -0.2) is 0 Å². The Bertz CT molecular complexity index is 375. The van der Waals surface area contributed by atoms with Crippen LogP contribution in [0, 0.1) is 5.92 Å². The zero-order valence-corrected chi connectivity index (χ0v) is 12.0. The van der Waals surface area contributed by atoms with Gasteiger partial charge in [0.2, 0.25) is 0 Å². The molecule has 1 aromatic carbocycles. The van der Waals surface area contributed by atoms with E-state index in [2.05, 4.69) is 24.4 Å². The maximum absolute atomic E-state index is 5.40. The topological polar surface area (TPSA) is 30.5 Å². The predicted molar refractivity (Wildman–Crippen MR) is 77.7 cm³/mol. The summed E-state index contributed by atoms with van der Waals surface area (Å²) in [5.41, 5.74) is 1.27. The number of methoxy groups -OCH3 is 1. The van der Waals surface area contributed by atoms with Gasteiger partial charge < -0.3 is 14.8 Å². The molecule has 2 rings (SSSR count). The van der Waals surface area contributed by atoms with Crippen molar-refractivity contribution in [1.82, 2.24) is 5.32 Å². The third kappa shape index (κ3) is 4.51. The van der Waals surface area contributed by atoms with Crippen LogP contribution in [0.3, 0.4) is 0 Å². The molecule has 1 N–H and O–H groups in total. The minimum absolute atomic E-state index is 0.471. The first-order valence-electron chi connectivity index (χ1n) is 7.22. The van der Waals surface area contributed by atoms with Crippen molar-refractivity contribution in [1.29, 1.82) is 0 Å². The standard InChI is InChI=1S/C16H25NO2/c1-13(17-12-14-7-9-19-10-8-14)11-15-5-3-4-6-16(15)18-2/h3-6,13-14,17H,7-12H2,1-2H3. The van der Waals surface area contributed by atoms with Gasteiger partial charge in [0, 0.05) is 19.3 Å². The van der Waals surface area contributed by atoms with Gasteiger partial charge in [-0.1, -0.05) is 18.2 Å². The number of ether oxygens (including phenoxy) is 2. The molecule has 3 nitrogen and oxygen atoms in total. The van der Waals surface area contributed by atoms with E-state index >= 15 is 0 Å².